The number of rotatable bonds is 8. The average Bonchev–Trinajstić information content (AvgIpc) is 3.24. The van der Waals surface area contributed by atoms with Gasteiger partial charge in [0.05, 0.1) is 16.6 Å². The molecule has 5 rings (SSSR count). The summed E-state index contributed by atoms with van der Waals surface area (Å²) >= 11 is 1.52. The number of nitrogens with one attached hydrogen (secondary N) is 1. The maximum absolute atomic E-state index is 11.9. The SMILES string of the molecule is CCCCCCSc1nnc2c(n1)O[C@@H](c1cc3c(cc1[N+](=O)[O-])OCO3)Nc1ccccc1-2. The molecule has 2 aliphatic heterocycles. The van der Waals surface area contributed by atoms with Crippen molar-refractivity contribution in [2.24, 2.45) is 0 Å². The summed E-state index contributed by atoms with van der Waals surface area (Å²) in [5.74, 6) is 1.90. The summed E-state index contributed by atoms with van der Waals surface area (Å²) in [5, 5.41) is 24.3. The van der Waals surface area contributed by atoms with Crippen LogP contribution in [0, 0.1) is 10.1 Å². The molecule has 1 aromatic heterocycles. The Morgan fingerprint density at radius 2 is 1.97 bits per heavy atom. The molecule has 0 unspecified atom stereocenters. The van der Waals surface area contributed by atoms with Crippen LogP contribution in [-0.4, -0.2) is 32.7 Å². The first-order chi connectivity index (χ1) is 16.6. The van der Waals surface area contributed by atoms with Crippen LogP contribution >= 0.6 is 11.8 Å². The van der Waals surface area contributed by atoms with Crippen LogP contribution in [0.4, 0.5) is 11.4 Å². The topological polar surface area (TPSA) is 122 Å². The summed E-state index contributed by atoms with van der Waals surface area (Å²) in [6.45, 7) is 2.19. The summed E-state index contributed by atoms with van der Waals surface area (Å²) < 4.78 is 17.0. The van der Waals surface area contributed by atoms with Crippen molar-refractivity contribution in [2.45, 2.75) is 44.0 Å². The normalized spacial score (nSPS) is 15.5. The number of para-hydroxylation sites is 1. The Kier molecular flexibility index (Phi) is 6.35. The molecule has 1 N–H and O–H groups in total. The summed E-state index contributed by atoms with van der Waals surface area (Å²) in [7, 11) is 0. The molecule has 0 saturated carbocycles. The third-order valence-electron chi connectivity index (χ3n) is 5.56. The number of nitrogens with zero attached hydrogens (tertiary/aromatic N) is 4. The van der Waals surface area contributed by atoms with Crippen LogP contribution in [0.15, 0.2) is 41.6 Å². The van der Waals surface area contributed by atoms with Gasteiger partial charge >= 0.3 is 0 Å². The van der Waals surface area contributed by atoms with Crippen molar-refractivity contribution in [2.75, 3.05) is 17.9 Å². The molecule has 0 radical (unpaired) electrons. The number of thioether (sulfide) groups is 1. The Hall–Kier alpha value is -3.60. The standard InChI is InChI=1S/C23H23N5O5S/c1-2-3-4-7-10-34-23-25-22-20(26-27-23)14-8-5-6-9-16(14)24-21(33-22)15-11-18-19(32-13-31-18)12-17(15)28(29)30/h5-6,8-9,11-12,21,24H,2-4,7,10,13H2,1H3/t21-/m0/s1. The molecule has 0 spiro atoms. The van der Waals surface area contributed by atoms with Crippen LogP contribution < -0.4 is 19.5 Å². The summed E-state index contributed by atoms with van der Waals surface area (Å²) in [4.78, 5) is 16.0. The molecule has 0 fully saturated rings. The fraction of sp³-hybridized carbons (Fsp3) is 0.348. The highest BCUT2D eigenvalue weighted by molar-refractivity contribution is 7.99. The minimum absolute atomic E-state index is 0.0105. The molecular weight excluding hydrogens is 458 g/mol. The Morgan fingerprint density at radius 3 is 2.79 bits per heavy atom. The van der Waals surface area contributed by atoms with Crippen LogP contribution in [0.2, 0.25) is 0 Å². The molecule has 176 valence electrons. The lowest BCUT2D eigenvalue weighted by Crippen LogP contribution is -2.18. The van der Waals surface area contributed by atoms with Crippen LogP contribution in [0.25, 0.3) is 11.3 Å². The molecule has 11 heteroatoms. The van der Waals surface area contributed by atoms with Gasteiger partial charge in [0.25, 0.3) is 5.69 Å². The van der Waals surface area contributed by atoms with Gasteiger partial charge in [-0.25, -0.2) is 0 Å². The second kappa shape index (κ2) is 9.72. The highest BCUT2D eigenvalue weighted by atomic mass is 32.2. The predicted octanol–water partition coefficient (Wildman–Crippen LogP) is 5.35. The molecule has 0 amide bonds. The zero-order valence-electron chi connectivity index (χ0n) is 18.5. The summed E-state index contributed by atoms with van der Waals surface area (Å²) in [6.07, 6.45) is 3.69. The van der Waals surface area contributed by atoms with Gasteiger partial charge in [-0.15, -0.1) is 10.2 Å². The fourth-order valence-electron chi connectivity index (χ4n) is 3.86. The van der Waals surface area contributed by atoms with Crippen molar-refractivity contribution in [3.63, 3.8) is 0 Å². The van der Waals surface area contributed by atoms with Gasteiger partial charge < -0.3 is 19.5 Å². The van der Waals surface area contributed by atoms with E-state index in [-0.39, 0.29) is 18.4 Å². The molecule has 10 nitrogen and oxygen atoms in total. The lowest BCUT2D eigenvalue weighted by molar-refractivity contribution is -0.386. The van der Waals surface area contributed by atoms with Gasteiger partial charge in [0.2, 0.25) is 24.1 Å². The first-order valence-corrected chi connectivity index (χ1v) is 12.1. The number of nitro benzene ring substituents is 1. The second-order valence-electron chi connectivity index (χ2n) is 7.87. The zero-order valence-corrected chi connectivity index (χ0v) is 19.3. The molecule has 2 aromatic carbocycles. The third kappa shape index (κ3) is 4.43. The molecule has 0 aliphatic carbocycles. The van der Waals surface area contributed by atoms with E-state index in [0.29, 0.717) is 33.6 Å². The highest BCUT2D eigenvalue weighted by Crippen LogP contribution is 2.44. The molecule has 0 saturated heterocycles. The number of hydrogen-bond acceptors (Lipinski definition) is 10. The van der Waals surface area contributed by atoms with E-state index in [1.54, 1.807) is 6.07 Å². The molecule has 3 heterocycles. The Balaban J connectivity index is 1.51. The Bertz CT molecular complexity index is 1220. The van der Waals surface area contributed by atoms with Crippen LogP contribution in [0.3, 0.4) is 0 Å². The lowest BCUT2D eigenvalue weighted by Gasteiger charge is -2.19. The lowest BCUT2D eigenvalue weighted by atomic mass is 10.1. The highest BCUT2D eigenvalue weighted by Gasteiger charge is 2.33. The number of nitro groups is 1. The number of hydrogen-bond donors (Lipinski definition) is 1. The van der Waals surface area contributed by atoms with Gasteiger partial charge in [0, 0.05) is 17.0 Å². The molecule has 1 atom stereocenters. The smallest absolute Gasteiger partial charge is 0.282 e. The molecular formula is C23H23N5O5S. The number of benzene rings is 2. The van der Waals surface area contributed by atoms with Crippen molar-refractivity contribution in [1.82, 2.24) is 15.2 Å². The maximum atomic E-state index is 11.9. The first kappa shape index (κ1) is 22.2. The van der Waals surface area contributed by atoms with Gasteiger partial charge in [-0.3, -0.25) is 10.1 Å². The van der Waals surface area contributed by atoms with Gasteiger partial charge in [0.15, 0.2) is 17.2 Å². The van der Waals surface area contributed by atoms with Crippen molar-refractivity contribution in [3.05, 3.63) is 52.1 Å². The van der Waals surface area contributed by atoms with Crippen LogP contribution in [-0.2, 0) is 0 Å². The van der Waals surface area contributed by atoms with Crippen molar-refractivity contribution < 1.29 is 19.1 Å². The van der Waals surface area contributed by atoms with Crippen LogP contribution in [0.5, 0.6) is 17.4 Å². The first-order valence-electron chi connectivity index (χ1n) is 11.1. The second-order valence-corrected chi connectivity index (χ2v) is 8.93. The van der Waals surface area contributed by atoms with E-state index in [9.17, 15) is 10.1 Å². The Morgan fingerprint density at radius 1 is 1.15 bits per heavy atom. The fourth-order valence-corrected chi connectivity index (χ4v) is 4.63. The maximum Gasteiger partial charge on any atom is 0.282 e. The third-order valence-corrected chi connectivity index (χ3v) is 6.49. The minimum Gasteiger partial charge on any atom is -0.454 e. The Labute approximate surface area is 200 Å². The van der Waals surface area contributed by atoms with Crippen LogP contribution in [0.1, 0.15) is 44.4 Å². The summed E-state index contributed by atoms with van der Waals surface area (Å²) in [5.41, 5.74) is 2.08. The molecule has 2 aliphatic rings. The predicted molar refractivity (Wildman–Crippen MR) is 126 cm³/mol. The van der Waals surface area contributed by atoms with E-state index in [0.717, 1.165) is 24.2 Å². The van der Waals surface area contributed by atoms with E-state index >= 15 is 0 Å². The van der Waals surface area contributed by atoms with Gasteiger partial charge in [-0.1, -0.05) is 56.1 Å². The van der Waals surface area contributed by atoms with Gasteiger partial charge in [-0.05, 0) is 18.6 Å². The van der Waals surface area contributed by atoms with E-state index in [4.69, 9.17) is 14.2 Å². The number of ether oxygens (including phenoxy) is 3. The van der Waals surface area contributed by atoms with E-state index in [1.165, 1.54) is 30.7 Å². The average molecular weight is 482 g/mol. The van der Waals surface area contributed by atoms with E-state index in [2.05, 4.69) is 27.4 Å². The largest absolute Gasteiger partial charge is 0.454 e. The van der Waals surface area contributed by atoms with Gasteiger partial charge in [0.1, 0.15) is 0 Å². The molecule has 34 heavy (non-hydrogen) atoms. The minimum atomic E-state index is -0.906. The summed E-state index contributed by atoms with van der Waals surface area (Å²) in [6, 6.07) is 10.4. The van der Waals surface area contributed by atoms with E-state index < -0.39 is 11.2 Å². The number of anilines is 1. The number of aromatic nitrogens is 3. The van der Waals surface area contributed by atoms with Crippen molar-refractivity contribution in [3.8, 4) is 28.6 Å². The zero-order chi connectivity index (χ0) is 23.5. The molecule has 0 bridgehead atoms. The monoisotopic (exact) mass is 481 g/mol. The van der Waals surface area contributed by atoms with Crippen molar-refractivity contribution in [1.29, 1.82) is 0 Å². The van der Waals surface area contributed by atoms with Crippen molar-refractivity contribution >= 4 is 23.1 Å². The van der Waals surface area contributed by atoms with E-state index in [1.807, 2.05) is 24.3 Å². The number of unbranched alkanes of at least 4 members (excludes halogenated alkanes) is 3. The quantitative estimate of drug-likeness (QED) is 0.195. The van der Waals surface area contributed by atoms with Gasteiger partial charge in [-0.2, -0.15) is 4.98 Å². The number of fused-ring (bicyclic) bond motifs is 4. The molecule has 3 aromatic rings.